The number of hydrogen-bond acceptors (Lipinski definition) is 3. The minimum absolute atomic E-state index is 0.0253. The van der Waals surface area contributed by atoms with Crippen LogP contribution in [0.3, 0.4) is 0 Å². The van der Waals surface area contributed by atoms with E-state index in [1.165, 1.54) is 270 Å². The van der Waals surface area contributed by atoms with Crippen LogP contribution >= 0.6 is 0 Å². The summed E-state index contributed by atoms with van der Waals surface area (Å²) in [4.78, 5) is 12.1. The molecule has 0 aromatic heterocycles. The fourth-order valence-corrected chi connectivity index (χ4v) is 8.12. The van der Waals surface area contributed by atoms with Crippen LogP contribution in [-0.4, -0.2) is 24.3 Å². The predicted octanol–water partition coefficient (Wildman–Crippen LogP) is 18.0. The minimum atomic E-state index is 0.0253. The van der Waals surface area contributed by atoms with Gasteiger partial charge in [0, 0.05) is 13.0 Å². The monoisotopic (exact) mass is 775 g/mol. The first-order chi connectivity index (χ1) is 27.3. The van der Waals surface area contributed by atoms with E-state index in [4.69, 9.17) is 9.84 Å². The van der Waals surface area contributed by atoms with Crippen LogP contribution in [0.25, 0.3) is 0 Å². The zero-order valence-corrected chi connectivity index (χ0v) is 37.9. The Labute approximate surface area is 347 Å². The minimum Gasteiger partial charge on any atom is -0.466 e. The molecule has 0 aliphatic heterocycles. The number of carbonyl (C=O) groups is 1. The van der Waals surface area contributed by atoms with Crippen LogP contribution < -0.4 is 0 Å². The number of aliphatic hydroxyl groups excluding tert-OH is 1. The topological polar surface area (TPSA) is 46.5 Å². The normalized spacial score (nSPS) is 11.7. The quantitative estimate of drug-likeness (QED) is 0.0380. The molecule has 3 nitrogen and oxygen atoms in total. The Bertz CT molecular complexity index is 718. The zero-order valence-electron chi connectivity index (χ0n) is 37.9. The molecule has 0 atom stereocenters. The summed E-state index contributed by atoms with van der Waals surface area (Å²) in [5, 5.41) is 8.82. The summed E-state index contributed by atoms with van der Waals surface area (Å²) < 4.78 is 5.49. The van der Waals surface area contributed by atoms with Gasteiger partial charge in [-0.15, -0.1) is 0 Å². The van der Waals surface area contributed by atoms with Crippen molar-refractivity contribution in [2.45, 2.75) is 302 Å². The molecule has 0 aliphatic carbocycles. The van der Waals surface area contributed by atoms with Gasteiger partial charge in [0.25, 0.3) is 0 Å². The van der Waals surface area contributed by atoms with Gasteiger partial charge in [-0.1, -0.05) is 263 Å². The highest BCUT2D eigenvalue weighted by Gasteiger charge is 2.03. The highest BCUT2D eigenvalue weighted by atomic mass is 16.5. The van der Waals surface area contributed by atoms with Crippen LogP contribution in [0.1, 0.15) is 302 Å². The Balaban J connectivity index is 3.16. The van der Waals surface area contributed by atoms with Crippen molar-refractivity contribution in [2.24, 2.45) is 0 Å². The third-order valence-electron chi connectivity index (χ3n) is 12.0. The molecule has 0 amide bonds. The fraction of sp³-hybridized carbons (Fsp3) is 0.942. The van der Waals surface area contributed by atoms with Crippen LogP contribution in [-0.2, 0) is 9.53 Å². The van der Waals surface area contributed by atoms with Crippen LogP contribution in [0.4, 0.5) is 0 Å². The molecule has 55 heavy (non-hydrogen) atoms. The fourth-order valence-electron chi connectivity index (χ4n) is 8.12. The smallest absolute Gasteiger partial charge is 0.305 e. The number of ether oxygens (including phenoxy) is 1. The summed E-state index contributed by atoms with van der Waals surface area (Å²) in [7, 11) is 0. The lowest BCUT2D eigenvalue weighted by Gasteiger charge is -2.06. The number of carbonyl (C=O) groups excluding carboxylic acids is 1. The Morgan fingerprint density at radius 1 is 0.345 bits per heavy atom. The van der Waals surface area contributed by atoms with Crippen molar-refractivity contribution in [3.63, 3.8) is 0 Å². The molecule has 0 spiro atoms. The molecule has 0 aromatic rings. The van der Waals surface area contributed by atoms with Gasteiger partial charge in [0.1, 0.15) is 0 Å². The maximum Gasteiger partial charge on any atom is 0.305 e. The predicted molar refractivity (Wildman–Crippen MR) is 245 cm³/mol. The molecule has 0 radical (unpaired) electrons. The van der Waals surface area contributed by atoms with E-state index in [1.807, 2.05) is 0 Å². The van der Waals surface area contributed by atoms with Gasteiger partial charge in [0.2, 0.25) is 0 Å². The second-order valence-corrected chi connectivity index (χ2v) is 17.6. The SMILES string of the molecule is CCCCCCCCC=CCCCCCCCCCCCC(=O)OCCCCCCCCCCCCCCCCCCCCCCCCCCCCCCO. The second kappa shape index (κ2) is 51.2. The molecule has 1 N–H and O–H groups in total. The van der Waals surface area contributed by atoms with E-state index < -0.39 is 0 Å². The first-order valence-electron chi connectivity index (χ1n) is 25.7. The van der Waals surface area contributed by atoms with Crippen LogP contribution in [0.2, 0.25) is 0 Å². The van der Waals surface area contributed by atoms with Crippen molar-refractivity contribution < 1.29 is 14.6 Å². The number of rotatable bonds is 49. The van der Waals surface area contributed by atoms with Crippen LogP contribution in [0, 0.1) is 0 Å². The van der Waals surface area contributed by atoms with Crippen molar-refractivity contribution in [3.05, 3.63) is 12.2 Å². The largest absolute Gasteiger partial charge is 0.466 e. The van der Waals surface area contributed by atoms with E-state index in [0.717, 1.165) is 19.3 Å². The molecule has 3 heteroatoms. The number of unbranched alkanes of at least 4 members (excludes halogenated alkanes) is 42. The summed E-state index contributed by atoms with van der Waals surface area (Å²) in [6, 6.07) is 0. The standard InChI is InChI=1S/C52H102O3/c1-2-3-4-5-6-7-8-9-10-11-22-25-28-31-34-37-40-43-46-49-52(54)55-51-48-45-42-39-36-33-30-27-24-21-19-17-15-13-12-14-16-18-20-23-26-29-32-35-38-41-44-47-50-53/h9-10,53H,2-8,11-51H2,1H3. The molecule has 328 valence electrons. The van der Waals surface area contributed by atoms with Gasteiger partial charge >= 0.3 is 5.97 Å². The summed E-state index contributed by atoms with van der Waals surface area (Å²) in [6.07, 6.45) is 66.5. The van der Waals surface area contributed by atoms with E-state index in [0.29, 0.717) is 19.6 Å². The van der Waals surface area contributed by atoms with Gasteiger partial charge in [-0.05, 0) is 44.9 Å². The average molecular weight is 775 g/mol. The molecule has 0 heterocycles. The number of allylic oxidation sites excluding steroid dienone is 2. The van der Waals surface area contributed by atoms with E-state index >= 15 is 0 Å². The maximum atomic E-state index is 12.1. The zero-order chi connectivity index (χ0) is 39.6. The molecule has 0 aromatic carbocycles. The lowest BCUT2D eigenvalue weighted by molar-refractivity contribution is -0.143. The number of hydrogen-bond donors (Lipinski definition) is 1. The van der Waals surface area contributed by atoms with Crippen molar-refractivity contribution in [1.82, 2.24) is 0 Å². The Kier molecular flexibility index (Phi) is 50.4. The third-order valence-corrected chi connectivity index (χ3v) is 12.0. The highest BCUT2D eigenvalue weighted by Crippen LogP contribution is 2.17. The lowest BCUT2D eigenvalue weighted by Crippen LogP contribution is -2.05. The molecular weight excluding hydrogens is 673 g/mol. The Morgan fingerprint density at radius 2 is 0.600 bits per heavy atom. The summed E-state index contributed by atoms with van der Waals surface area (Å²) in [5.41, 5.74) is 0. The van der Waals surface area contributed by atoms with E-state index in [2.05, 4.69) is 19.1 Å². The Morgan fingerprint density at radius 3 is 0.909 bits per heavy atom. The maximum absolute atomic E-state index is 12.1. The lowest BCUT2D eigenvalue weighted by atomic mass is 10.0. The van der Waals surface area contributed by atoms with Gasteiger partial charge < -0.3 is 9.84 Å². The first kappa shape index (κ1) is 54.2. The van der Waals surface area contributed by atoms with Crippen LogP contribution in [0.15, 0.2) is 12.2 Å². The molecule has 0 rings (SSSR count). The van der Waals surface area contributed by atoms with Gasteiger partial charge in [0.05, 0.1) is 6.61 Å². The van der Waals surface area contributed by atoms with E-state index in [9.17, 15) is 4.79 Å². The summed E-state index contributed by atoms with van der Waals surface area (Å²) in [6.45, 7) is 3.28. The van der Waals surface area contributed by atoms with Crippen LogP contribution in [0.5, 0.6) is 0 Å². The van der Waals surface area contributed by atoms with Crippen molar-refractivity contribution in [3.8, 4) is 0 Å². The van der Waals surface area contributed by atoms with Gasteiger partial charge in [-0.25, -0.2) is 0 Å². The van der Waals surface area contributed by atoms with Crippen molar-refractivity contribution in [1.29, 1.82) is 0 Å². The molecular formula is C52H102O3. The summed E-state index contributed by atoms with van der Waals surface area (Å²) in [5.74, 6) is 0.0253. The molecule has 0 saturated carbocycles. The van der Waals surface area contributed by atoms with Crippen molar-refractivity contribution >= 4 is 5.97 Å². The Hall–Kier alpha value is -0.830. The molecule has 0 bridgehead atoms. The number of esters is 1. The van der Waals surface area contributed by atoms with Crippen molar-refractivity contribution in [2.75, 3.05) is 13.2 Å². The molecule has 0 fully saturated rings. The third kappa shape index (κ3) is 51.2. The second-order valence-electron chi connectivity index (χ2n) is 17.6. The highest BCUT2D eigenvalue weighted by molar-refractivity contribution is 5.69. The number of aliphatic hydroxyl groups is 1. The van der Waals surface area contributed by atoms with Gasteiger partial charge in [0.15, 0.2) is 0 Å². The summed E-state index contributed by atoms with van der Waals surface area (Å²) >= 11 is 0. The molecule has 0 unspecified atom stereocenters. The van der Waals surface area contributed by atoms with E-state index in [-0.39, 0.29) is 5.97 Å². The van der Waals surface area contributed by atoms with E-state index in [1.54, 1.807) is 0 Å². The van der Waals surface area contributed by atoms with Gasteiger partial charge in [-0.2, -0.15) is 0 Å². The average Bonchev–Trinajstić information content (AvgIpc) is 3.19. The molecule has 0 aliphatic rings. The first-order valence-corrected chi connectivity index (χ1v) is 25.7. The van der Waals surface area contributed by atoms with Gasteiger partial charge in [-0.3, -0.25) is 4.79 Å². The molecule has 0 saturated heterocycles.